The van der Waals surface area contributed by atoms with E-state index in [2.05, 4.69) is 53.1 Å². The molecule has 0 spiro atoms. The van der Waals surface area contributed by atoms with E-state index in [0.717, 1.165) is 42.6 Å². The summed E-state index contributed by atoms with van der Waals surface area (Å²) in [4.78, 5) is 4.71. The van der Waals surface area contributed by atoms with Gasteiger partial charge in [0.1, 0.15) is 17.9 Å². The van der Waals surface area contributed by atoms with Crippen LogP contribution in [0.1, 0.15) is 39.1 Å². The van der Waals surface area contributed by atoms with Gasteiger partial charge in [-0.05, 0) is 38.5 Å². The molecule has 0 aliphatic carbocycles. The van der Waals surface area contributed by atoms with E-state index < -0.39 is 0 Å². The summed E-state index contributed by atoms with van der Waals surface area (Å²) in [7, 11) is 1.67. The number of aryl methyl sites for hydroxylation is 1. The molecule has 7 nitrogen and oxygen atoms in total. The number of methoxy groups -OCH3 is 1. The van der Waals surface area contributed by atoms with Crippen LogP contribution < -0.4 is 15.4 Å². The molecule has 26 heavy (non-hydrogen) atoms. The normalized spacial score (nSPS) is 12.1. The van der Waals surface area contributed by atoms with Crippen molar-refractivity contribution >= 4 is 5.96 Å². The van der Waals surface area contributed by atoms with Crippen molar-refractivity contribution in [2.24, 2.45) is 4.99 Å². The first-order chi connectivity index (χ1) is 12.4. The van der Waals surface area contributed by atoms with Gasteiger partial charge in [0.05, 0.1) is 13.7 Å². The third-order valence-electron chi connectivity index (χ3n) is 3.73. The van der Waals surface area contributed by atoms with E-state index in [0.29, 0.717) is 6.54 Å². The molecule has 0 amide bonds. The van der Waals surface area contributed by atoms with Crippen molar-refractivity contribution in [3.63, 3.8) is 0 Å². The van der Waals surface area contributed by atoms with Crippen molar-refractivity contribution in [3.05, 3.63) is 42.0 Å². The van der Waals surface area contributed by atoms with Crippen LogP contribution in [0.25, 0.3) is 0 Å². The van der Waals surface area contributed by atoms with Crippen LogP contribution in [0, 0.1) is 0 Å². The van der Waals surface area contributed by atoms with Crippen LogP contribution in [0.3, 0.4) is 0 Å². The second-order valence-electron chi connectivity index (χ2n) is 7.11. The van der Waals surface area contributed by atoms with Crippen LogP contribution in [0.4, 0.5) is 0 Å². The predicted molar refractivity (Wildman–Crippen MR) is 104 cm³/mol. The van der Waals surface area contributed by atoms with Crippen molar-refractivity contribution in [2.75, 3.05) is 13.7 Å². The Kier molecular flexibility index (Phi) is 7.00. The quantitative estimate of drug-likeness (QED) is 0.587. The second-order valence-corrected chi connectivity index (χ2v) is 7.11. The average Bonchev–Trinajstić information content (AvgIpc) is 3.06. The number of ether oxygens (including phenoxy) is 1. The third-order valence-corrected chi connectivity index (χ3v) is 3.73. The van der Waals surface area contributed by atoms with Crippen molar-refractivity contribution in [3.8, 4) is 5.75 Å². The summed E-state index contributed by atoms with van der Waals surface area (Å²) in [5.41, 5.74) is 1.06. The SMILES string of the molecule is CCc1nncn1CCNC(=NCc1ccc(OC)cc1)NC(C)(C)C. The summed E-state index contributed by atoms with van der Waals surface area (Å²) in [5, 5.41) is 14.9. The van der Waals surface area contributed by atoms with E-state index in [1.807, 2.05) is 24.3 Å². The maximum absolute atomic E-state index is 5.19. The molecule has 0 radical (unpaired) electrons. The van der Waals surface area contributed by atoms with Gasteiger partial charge in [0.2, 0.25) is 0 Å². The molecule has 0 bridgehead atoms. The molecule has 142 valence electrons. The minimum atomic E-state index is -0.0725. The number of rotatable bonds is 7. The van der Waals surface area contributed by atoms with Crippen LogP contribution in [0.2, 0.25) is 0 Å². The molecule has 1 heterocycles. The summed E-state index contributed by atoms with van der Waals surface area (Å²) in [6.45, 7) is 10.6. The lowest BCUT2D eigenvalue weighted by Gasteiger charge is -2.24. The second kappa shape index (κ2) is 9.22. The largest absolute Gasteiger partial charge is 0.497 e. The van der Waals surface area contributed by atoms with E-state index in [-0.39, 0.29) is 5.54 Å². The Labute approximate surface area is 155 Å². The Hall–Kier alpha value is -2.57. The molecule has 0 atom stereocenters. The molecule has 1 aromatic heterocycles. The number of aromatic nitrogens is 3. The van der Waals surface area contributed by atoms with Crippen LogP contribution in [0.15, 0.2) is 35.6 Å². The van der Waals surface area contributed by atoms with Crippen LogP contribution >= 0.6 is 0 Å². The highest BCUT2D eigenvalue weighted by Gasteiger charge is 2.12. The summed E-state index contributed by atoms with van der Waals surface area (Å²) < 4.78 is 7.26. The minimum absolute atomic E-state index is 0.0725. The molecule has 0 unspecified atom stereocenters. The predicted octanol–water partition coefficient (Wildman–Crippen LogP) is 2.38. The number of aliphatic imine (C=N–C) groups is 1. The molecule has 0 saturated heterocycles. The first-order valence-corrected chi connectivity index (χ1v) is 8.97. The number of nitrogens with zero attached hydrogens (tertiary/aromatic N) is 4. The smallest absolute Gasteiger partial charge is 0.192 e. The Morgan fingerprint density at radius 1 is 1.23 bits per heavy atom. The molecule has 2 aromatic rings. The zero-order valence-corrected chi connectivity index (χ0v) is 16.4. The van der Waals surface area contributed by atoms with E-state index in [4.69, 9.17) is 9.73 Å². The van der Waals surface area contributed by atoms with Gasteiger partial charge in [0, 0.05) is 25.0 Å². The molecule has 0 aliphatic rings. The average molecular weight is 358 g/mol. The topological polar surface area (TPSA) is 76.4 Å². The van der Waals surface area contributed by atoms with Crippen LogP contribution in [-0.2, 0) is 19.5 Å². The lowest BCUT2D eigenvalue weighted by atomic mass is 10.1. The summed E-state index contributed by atoms with van der Waals surface area (Å²) in [5.74, 6) is 2.64. The van der Waals surface area contributed by atoms with Crippen LogP contribution in [-0.4, -0.2) is 39.9 Å². The molecule has 0 fully saturated rings. The maximum atomic E-state index is 5.19. The first kappa shape index (κ1) is 19.8. The zero-order chi connectivity index (χ0) is 19.0. The minimum Gasteiger partial charge on any atom is -0.497 e. The van der Waals surface area contributed by atoms with Gasteiger partial charge in [0.25, 0.3) is 0 Å². The van der Waals surface area contributed by atoms with Crippen LogP contribution in [0.5, 0.6) is 5.75 Å². The van der Waals surface area contributed by atoms with Crippen molar-refractivity contribution in [1.29, 1.82) is 0 Å². The molecule has 2 rings (SSSR count). The van der Waals surface area contributed by atoms with Gasteiger partial charge >= 0.3 is 0 Å². The highest BCUT2D eigenvalue weighted by molar-refractivity contribution is 5.80. The Balaban J connectivity index is 1.97. The Morgan fingerprint density at radius 3 is 2.58 bits per heavy atom. The molecule has 2 N–H and O–H groups in total. The number of benzene rings is 1. The van der Waals surface area contributed by atoms with Crippen molar-refractivity contribution < 1.29 is 4.74 Å². The molecule has 1 aromatic carbocycles. The lowest BCUT2D eigenvalue weighted by Crippen LogP contribution is -2.48. The molecule has 0 saturated carbocycles. The molecular formula is C19H30N6O. The van der Waals surface area contributed by atoms with E-state index in [9.17, 15) is 0 Å². The van der Waals surface area contributed by atoms with Gasteiger partial charge in [0.15, 0.2) is 5.96 Å². The summed E-state index contributed by atoms with van der Waals surface area (Å²) >= 11 is 0. The van der Waals surface area contributed by atoms with Gasteiger partial charge in [-0.3, -0.25) is 0 Å². The van der Waals surface area contributed by atoms with E-state index in [1.165, 1.54) is 0 Å². The lowest BCUT2D eigenvalue weighted by molar-refractivity contribution is 0.414. The standard InChI is InChI=1S/C19H30N6O/c1-6-17-24-22-14-25(17)12-11-20-18(23-19(2,3)4)21-13-15-7-9-16(26-5)10-8-15/h7-10,14H,6,11-13H2,1-5H3,(H2,20,21,23). The molecule has 7 heteroatoms. The zero-order valence-electron chi connectivity index (χ0n) is 16.4. The van der Waals surface area contributed by atoms with E-state index >= 15 is 0 Å². The number of guanidine groups is 1. The summed E-state index contributed by atoms with van der Waals surface area (Å²) in [6.07, 6.45) is 2.64. The fourth-order valence-corrected chi connectivity index (χ4v) is 2.43. The van der Waals surface area contributed by atoms with Gasteiger partial charge in [-0.15, -0.1) is 10.2 Å². The van der Waals surface area contributed by atoms with E-state index in [1.54, 1.807) is 13.4 Å². The van der Waals surface area contributed by atoms with Gasteiger partial charge in [-0.1, -0.05) is 19.1 Å². The Bertz CT molecular complexity index is 700. The number of hydrogen-bond acceptors (Lipinski definition) is 4. The molecular weight excluding hydrogens is 328 g/mol. The van der Waals surface area contributed by atoms with Gasteiger partial charge < -0.3 is 19.9 Å². The highest BCUT2D eigenvalue weighted by Crippen LogP contribution is 2.12. The first-order valence-electron chi connectivity index (χ1n) is 8.97. The molecule has 0 aliphatic heterocycles. The third kappa shape index (κ3) is 6.38. The van der Waals surface area contributed by atoms with Gasteiger partial charge in [-0.25, -0.2) is 4.99 Å². The highest BCUT2D eigenvalue weighted by atomic mass is 16.5. The number of nitrogens with one attached hydrogen (secondary N) is 2. The Morgan fingerprint density at radius 2 is 1.96 bits per heavy atom. The van der Waals surface area contributed by atoms with Crippen molar-refractivity contribution in [2.45, 2.75) is 52.7 Å². The fraction of sp³-hybridized carbons (Fsp3) is 0.526. The maximum Gasteiger partial charge on any atom is 0.192 e. The van der Waals surface area contributed by atoms with Crippen molar-refractivity contribution in [1.82, 2.24) is 25.4 Å². The van der Waals surface area contributed by atoms with Gasteiger partial charge in [-0.2, -0.15) is 0 Å². The monoisotopic (exact) mass is 358 g/mol. The fourth-order valence-electron chi connectivity index (χ4n) is 2.43. The number of hydrogen-bond donors (Lipinski definition) is 2. The summed E-state index contributed by atoms with van der Waals surface area (Å²) in [6, 6.07) is 7.96.